The quantitative estimate of drug-likeness (QED) is 0.0257. The molecule has 26 rings (SSSR count). The number of furan rings is 2. The van der Waals surface area contributed by atoms with Crippen molar-refractivity contribution in [3.63, 3.8) is 0 Å². The molecule has 0 aliphatic rings. The van der Waals surface area contributed by atoms with Gasteiger partial charge in [-0.1, -0.05) is 334 Å². The second kappa shape index (κ2) is 41.5. The van der Waals surface area contributed by atoms with Crippen molar-refractivity contribution in [1.29, 1.82) is 0 Å². The van der Waals surface area contributed by atoms with Crippen molar-refractivity contribution in [1.82, 2.24) is 29.9 Å². The van der Waals surface area contributed by atoms with Crippen molar-refractivity contribution in [2.75, 3.05) is 0 Å². The molecule has 0 amide bonds. The molecule has 0 spiro atoms. The first-order valence-electron chi connectivity index (χ1n) is 48.9. The van der Waals surface area contributed by atoms with Crippen LogP contribution in [-0.2, 0) is 19.4 Å². The van der Waals surface area contributed by atoms with Crippen molar-refractivity contribution in [2.45, 2.75) is 0 Å². The average Bonchev–Trinajstić information content (AvgIpc) is 1.62. The molecular formula is C135H87N8O2SW-. The van der Waals surface area contributed by atoms with Gasteiger partial charge in [-0.05, 0) is 109 Å². The van der Waals surface area contributed by atoms with Crippen molar-refractivity contribution in [2.24, 2.45) is 9.98 Å². The van der Waals surface area contributed by atoms with Gasteiger partial charge >= 0.3 is 273 Å². The van der Waals surface area contributed by atoms with Crippen molar-refractivity contribution in [3.05, 3.63) is 589 Å². The molecule has 12 heteroatoms. The van der Waals surface area contributed by atoms with E-state index in [0.29, 0.717) is 40.8 Å². The van der Waals surface area contributed by atoms with Crippen LogP contribution in [0.3, 0.4) is 0 Å². The molecule has 0 saturated carbocycles. The van der Waals surface area contributed by atoms with E-state index in [9.17, 15) is 0 Å². The number of hydrogen-bond donors (Lipinski definition) is 0. The van der Waals surface area contributed by atoms with Crippen LogP contribution in [0.4, 0.5) is 0 Å². The van der Waals surface area contributed by atoms with E-state index in [1.165, 1.54) is 72.2 Å². The Bertz CT molecular complexity index is 9000. The number of fused-ring (bicyclic) bond motifs is 11. The number of aromatic nitrogens is 6. The van der Waals surface area contributed by atoms with Crippen LogP contribution >= 0.6 is 11.3 Å². The maximum absolute atomic E-state index is 6.25. The number of benzene rings is 21. The van der Waals surface area contributed by atoms with E-state index >= 15 is 0 Å². The summed E-state index contributed by atoms with van der Waals surface area (Å²) in [7, 11) is 0. The topological polar surface area (TPSA) is 128 Å². The van der Waals surface area contributed by atoms with Crippen LogP contribution in [0.1, 0.15) is 61.2 Å². The van der Waals surface area contributed by atoms with E-state index in [4.69, 9.17) is 48.7 Å². The fourth-order valence-electron chi connectivity index (χ4n) is 19.6. The number of para-hydroxylation sites is 2. The van der Waals surface area contributed by atoms with E-state index in [-0.39, 0.29) is 0 Å². The van der Waals surface area contributed by atoms with E-state index in [1.807, 2.05) is 133 Å². The second-order valence-corrected chi connectivity index (χ2v) is 38.1. The Morgan fingerprint density at radius 1 is 0.211 bits per heavy atom. The summed E-state index contributed by atoms with van der Waals surface area (Å²) in [6.45, 7) is 0. The molecule has 0 atom stereocenters. The number of aliphatic imine (C=N–C) groups is 2. The Kier molecular flexibility index (Phi) is 25.7. The molecule has 0 radical (unpaired) electrons. The molecule has 5 aromatic heterocycles. The molecule has 10 nitrogen and oxygen atoms in total. The van der Waals surface area contributed by atoms with Crippen LogP contribution in [-0.4, -0.2) is 46.0 Å². The summed E-state index contributed by atoms with van der Waals surface area (Å²) in [5.41, 5.74) is 27.8. The molecule has 0 unspecified atom stereocenters. The predicted molar refractivity (Wildman–Crippen MR) is 605 cm³/mol. The number of hydrogen-bond acceptors (Lipinski definition) is 10. The zero-order chi connectivity index (χ0) is 98.1. The molecule has 0 fully saturated rings. The van der Waals surface area contributed by atoms with E-state index in [0.717, 1.165) is 165 Å². The van der Waals surface area contributed by atoms with Gasteiger partial charge in [0.05, 0.1) is 0 Å². The largest absolute Gasteiger partial charge is 0.456 e. The molecule has 692 valence electrons. The number of rotatable bonds is 19. The molecule has 0 N–H and O–H groups in total. The molecule has 21 aromatic carbocycles. The molecule has 5 heterocycles. The number of nitrogens with zero attached hydrogens (tertiary/aromatic N) is 8. The van der Waals surface area contributed by atoms with Crippen LogP contribution in [0.25, 0.3) is 187 Å². The Hall–Kier alpha value is -18.6. The maximum atomic E-state index is 6.25. The Morgan fingerprint density at radius 3 is 0.918 bits per heavy atom. The molecule has 0 saturated heterocycles. The summed E-state index contributed by atoms with van der Waals surface area (Å²) >= 11 is 3.06. The monoisotopic (exact) mass is 2070 g/mol. The van der Waals surface area contributed by atoms with Gasteiger partial charge in [0.1, 0.15) is 11.2 Å². The zero-order valence-electron chi connectivity index (χ0n) is 79.4. The summed E-state index contributed by atoms with van der Waals surface area (Å²) in [5, 5.41) is 11.6. The van der Waals surface area contributed by atoms with Gasteiger partial charge < -0.3 is 4.42 Å². The van der Waals surface area contributed by atoms with Gasteiger partial charge in [-0.2, -0.15) is 0 Å². The van der Waals surface area contributed by atoms with Gasteiger partial charge in [0.2, 0.25) is 0 Å². The van der Waals surface area contributed by atoms with Crippen LogP contribution in [0.5, 0.6) is 0 Å². The second-order valence-electron chi connectivity index (χ2n) is 35.7. The SMILES string of the molecule is [W]=[C](N=C(N=[C-]c1ccc2c(c1)oc1ccccc12)c1ccccc1)c1c2ccccc2c(-c2ccccc2)c2ccccc12.c1ccc(C(=C(c2ccccc2)c2cccc(-c3nc(-c4ccccc4)nc(-c4ccc5c(c4)oc4ccccc45)n3)c2)c2ccccc2)cc1.c1ccc(C(=C(c2ccccc2)c2cccc(-c3nc(-c4ccccc4)nc(-c4ccc5c(c4)sc4ccccc45)n3)c2)c2ccccc2)cc1. The first-order chi connectivity index (χ1) is 72.8. The van der Waals surface area contributed by atoms with E-state index in [1.54, 1.807) is 11.3 Å². The summed E-state index contributed by atoms with van der Waals surface area (Å²) in [4.78, 5) is 40.6. The van der Waals surface area contributed by atoms with Gasteiger partial charge in [0.15, 0.2) is 34.9 Å². The number of amidine groups is 1. The van der Waals surface area contributed by atoms with Gasteiger partial charge in [0, 0.05) is 64.3 Å². The molecule has 0 bridgehead atoms. The van der Waals surface area contributed by atoms with Gasteiger partial charge in [-0.15, -0.1) is 11.3 Å². The average molecular weight is 2070 g/mol. The third-order valence-electron chi connectivity index (χ3n) is 26.4. The van der Waals surface area contributed by atoms with E-state index < -0.39 is 0 Å². The van der Waals surface area contributed by atoms with Gasteiger partial charge in [-0.25, -0.2) is 29.9 Å². The smallest absolute Gasteiger partial charge is 0.164 e. The Labute approximate surface area is 865 Å². The molecule has 147 heavy (non-hydrogen) atoms. The van der Waals surface area contributed by atoms with Gasteiger partial charge in [-0.3, -0.25) is 0 Å². The van der Waals surface area contributed by atoms with Crippen LogP contribution < -0.4 is 0 Å². The molecule has 0 aliphatic heterocycles. The first-order valence-corrected chi connectivity index (χ1v) is 51.1. The fraction of sp³-hybridized carbons (Fsp3) is 0. The predicted octanol–water partition coefficient (Wildman–Crippen LogP) is 34.1. The number of thiophene rings is 1. The molecular weight excluding hydrogens is 1980 g/mol. The minimum atomic E-state index is 0.583. The van der Waals surface area contributed by atoms with Crippen molar-refractivity contribution < 1.29 is 28.2 Å². The Balaban J connectivity index is 0.000000118. The summed E-state index contributed by atoms with van der Waals surface area (Å²) in [6, 6.07) is 183. The summed E-state index contributed by atoms with van der Waals surface area (Å²) in [5.74, 6) is 4.33. The van der Waals surface area contributed by atoms with Crippen LogP contribution in [0.15, 0.2) is 547 Å². The van der Waals surface area contributed by atoms with Crippen LogP contribution in [0, 0.1) is 0 Å². The standard InChI is InChI=1S/C47H31N3O.C47H31N3S.C41H25N2O.W/c2*1-5-16-32(17-6-1)43(33-18-7-2-8-19-33)44(34-20-9-3-10-21-34)36-24-15-25-37(30-36)46-48-45(35-22-11-4-12-23-35)49-47(50-46)38-28-29-40-39-26-13-14-27-41(39)51-42(40)31-38;1-3-13-29(14-4-1)40-35-20-9-7-17-31(35)37(32-18-8-10-21-36(32)40)27-43-41(30-15-5-2-6-16-30)42-26-28-23-24-34-33-19-11-12-22-38(33)44-39(34)25-28;/h2*1-31H;1-25H;/q;;-1;. The first kappa shape index (κ1) is 90.9. The fourth-order valence-corrected chi connectivity index (χ4v) is 21.8. The Morgan fingerprint density at radius 2 is 0.497 bits per heavy atom. The maximum Gasteiger partial charge on any atom is 0.164 e. The zero-order valence-corrected chi connectivity index (χ0v) is 83.2. The molecule has 26 aromatic rings. The molecule has 0 aliphatic carbocycles. The summed E-state index contributed by atoms with van der Waals surface area (Å²) < 4.78 is 15.8. The minimum Gasteiger partial charge on any atom is -0.456 e. The minimum absolute atomic E-state index is 0.583. The van der Waals surface area contributed by atoms with E-state index in [2.05, 4.69) is 401 Å². The van der Waals surface area contributed by atoms with Gasteiger partial charge in [0.25, 0.3) is 0 Å². The third-order valence-corrected chi connectivity index (χ3v) is 28.6. The van der Waals surface area contributed by atoms with Crippen molar-refractivity contribution >= 4 is 135 Å². The van der Waals surface area contributed by atoms with Crippen LogP contribution in [0.2, 0.25) is 0 Å². The normalized spacial score (nSPS) is 11.4. The third kappa shape index (κ3) is 19.0. The van der Waals surface area contributed by atoms with Crippen molar-refractivity contribution in [3.8, 4) is 79.5 Å². The summed E-state index contributed by atoms with van der Waals surface area (Å²) in [6.07, 6.45) is 3.27.